The molecule has 3 aromatic carbocycles. The number of benzene rings is 3. The number of aliphatic carboxylic acids is 2. The molecule has 1 heterocycles. The van der Waals surface area contributed by atoms with Gasteiger partial charge in [-0.25, -0.2) is 14.0 Å². The van der Waals surface area contributed by atoms with Gasteiger partial charge in [0.1, 0.15) is 11.6 Å². The van der Waals surface area contributed by atoms with Gasteiger partial charge >= 0.3 is 24.3 Å². The van der Waals surface area contributed by atoms with E-state index in [1.807, 2.05) is 86.3 Å². The molecule has 0 saturated carbocycles. The molecule has 0 radical (unpaired) electrons. The first-order valence-corrected chi connectivity index (χ1v) is 14.7. The molecule has 0 bridgehead atoms. The molecule has 4 aromatic rings. The van der Waals surface area contributed by atoms with Crippen molar-refractivity contribution >= 4 is 29.1 Å². The zero-order valence-corrected chi connectivity index (χ0v) is 27.2. The lowest BCUT2D eigenvalue weighted by molar-refractivity contribution is -0.193. The van der Waals surface area contributed by atoms with Crippen molar-refractivity contribution in [3.05, 3.63) is 102 Å². The van der Waals surface area contributed by atoms with Crippen molar-refractivity contribution < 1.29 is 60.0 Å². The fourth-order valence-electron chi connectivity index (χ4n) is 3.98. The van der Waals surface area contributed by atoms with E-state index in [1.54, 1.807) is 24.3 Å². The molecule has 0 unspecified atom stereocenters. The normalized spacial score (nSPS) is 11.0. The summed E-state index contributed by atoms with van der Waals surface area (Å²) in [5.41, 5.74) is 9.83. The highest BCUT2D eigenvalue weighted by Crippen LogP contribution is 2.38. The molecule has 4 rings (SSSR count). The van der Waals surface area contributed by atoms with Gasteiger partial charge in [0.2, 0.25) is 0 Å². The lowest BCUT2D eigenvalue weighted by Gasteiger charge is -2.27. The molecule has 17 heteroatoms. The number of pyridine rings is 1. The summed E-state index contributed by atoms with van der Waals surface area (Å²) in [6.45, 7) is 6.30. The van der Waals surface area contributed by atoms with Gasteiger partial charge < -0.3 is 30.3 Å². The summed E-state index contributed by atoms with van der Waals surface area (Å²) < 4.78 is 91.0. The molecule has 0 saturated heterocycles. The molecule has 51 heavy (non-hydrogen) atoms. The summed E-state index contributed by atoms with van der Waals surface area (Å²) in [4.78, 5) is 24.5. The third-order valence-electron chi connectivity index (χ3n) is 6.13. The van der Waals surface area contributed by atoms with Crippen LogP contribution in [0.1, 0.15) is 32.0 Å². The fraction of sp³-hybridized carbons (Fsp3) is 0.235. The number of nitrogens with zero attached hydrogens (tertiary/aromatic N) is 2. The first-order valence-electron chi connectivity index (χ1n) is 14.7. The molecule has 0 aliphatic rings. The van der Waals surface area contributed by atoms with Crippen molar-refractivity contribution in [3.63, 3.8) is 0 Å². The molecule has 0 fully saturated rings. The van der Waals surface area contributed by atoms with Crippen LogP contribution in [0.15, 0.2) is 84.9 Å². The van der Waals surface area contributed by atoms with Crippen LogP contribution in [-0.2, 0) is 16.1 Å². The number of nitrogens with two attached hydrogens (primary N) is 1. The molecule has 0 aliphatic heterocycles. The van der Waals surface area contributed by atoms with Crippen LogP contribution in [0.25, 0.3) is 11.3 Å². The second kappa shape index (κ2) is 18.2. The zero-order chi connectivity index (χ0) is 38.5. The van der Waals surface area contributed by atoms with Gasteiger partial charge in [0.05, 0.1) is 36.3 Å². The van der Waals surface area contributed by atoms with Crippen LogP contribution in [0, 0.1) is 11.2 Å². The maximum atomic E-state index is 15.9. The highest BCUT2D eigenvalue weighted by Gasteiger charge is 2.38. The Morgan fingerprint density at radius 1 is 0.882 bits per heavy atom. The quantitative estimate of drug-likeness (QED) is 0.0723. The lowest BCUT2D eigenvalue weighted by Crippen LogP contribution is -2.21. The number of aromatic nitrogens is 1. The van der Waals surface area contributed by atoms with Gasteiger partial charge in [-0.2, -0.15) is 26.3 Å². The first-order chi connectivity index (χ1) is 23.7. The van der Waals surface area contributed by atoms with Gasteiger partial charge in [-0.15, -0.1) is 0 Å². The number of hydrogen-bond acceptors (Lipinski definition) is 7. The largest absolute Gasteiger partial charge is 0.494 e. The SMILES string of the molecule is CCOc1cc(OC(C)C)c(F)c(N(Cc2cccc(-c3ccccc3)n2)c2ccc(C(=N)N)cc2)c1.O=C(O)C(F)(F)F.O=C(O)C(F)(F)F. The number of carboxylic acids is 2. The first kappa shape index (κ1) is 41.3. The van der Waals surface area contributed by atoms with Crippen LogP contribution in [0.5, 0.6) is 11.5 Å². The van der Waals surface area contributed by atoms with E-state index in [4.69, 9.17) is 45.4 Å². The lowest BCUT2D eigenvalue weighted by atomic mass is 10.1. The number of carbonyl (C=O) groups is 2. The highest BCUT2D eigenvalue weighted by molar-refractivity contribution is 5.95. The number of ether oxygens (including phenoxy) is 2. The smallest absolute Gasteiger partial charge is 0.490 e. The minimum absolute atomic E-state index is 0.0347. The Morgan fingerprint density at radius 2 is 1.43 bits per heavy atom. The third kappa shape index (κ3) is 13.2. The summed E-state index contributed by atoms with van der Waals surface area (Å²) >= 11 is 0. The van der Waals surface area contributed by atoms with E-state index < -0.39 is 30.1 Å². The maximum absolute atomic E-state index is 15.9. The Labute approximate surface area is 287 Å². The van der Waals surface area contributed by atoms with E-state index in [0.29, 0.717) is 29.3 Å². The van der Waals surface area contributed by atoms with E-state index in [1.165, 1.54) is 0 Å². The van der Waals surface area contributed by atoms with Crippen LogP contribution in [-0.4, -0.2) is 58.0 Å². The summed E-state index contributed by atoms with van der Waals surface area (Å²) in [7, 11) is 0. The van der Waals surface area contributed by atoms with Crippen molar-refractivity contribution in [3.8, 4) is 22.8 Å². The van der Waals surface area contributed by atoms with Gasteiger partial charge in [-0.1, -0.05) is 36.4 Å². The highest BCUT2D eigenvalue weighted by atomic mass is 19.4. The summed E-state index contributed by atoms with van der Waals surface area (Å²) in [5.74, 6) is -5.42. The molecular weight excluding hydrogens is 693 g/mol. The molecule has 0 aliphatic carbocycles. The molecule has 10 nitrogen and oxygen atoms in total. The van der Waals surface area contributed by atoms with E-state index >= 15 is 4.39 Å². The minimum atomic E-state index is -5.08. The number of hydrogen-bond donors (Lipinski definition) is 4. The van der Waals surface area contributed by atoms with Crippen molar-refractivity contribution in [1.82, 2.24) is 4.98 Å². The third-order valence-corrected chi connectivity index (χ3v) is 6.13. The van der Waals surface area contributed by atoms with Gasteiger partial charge in [0.15, 0.2) is 11.6 Å². The Morgan fingerprint density at radius 3 is 1.90 bits per heavy atom. The topological polar surface area (TPSA) is 159 Å². The van der Waals surface area contributed by atoms with Crippen molar-refractivity contribution in [2.75, 3.05) is 11.5 Å². The Kier molecular flexibility index (Phi) is 14.8. The van der Waals surface area contributed by atoms with Crippen LogP contribution < -0.4 is 20.1 Å². The average Bonchev–Trinajstić information content (AvgIpc) is 3.05. The maximum Gasteiger partial charge on any atom is 0.490 e. The second-order valence-corrected chi connectivity index (χ2v) is 10.4. The molecule has 0 atom stereocenters. The summed E-state index contributed by atoms with van der Waals surface area (Å²) in [5, 5.41) is 22.0. The molecule has 274 valence electrons. The predicted octanol–water partition coefficient (Wildman–Crippen LogP) is 7.96. The van der Waals surface area contributed by atoms with Crippen molar-refractivity contribution in [2.45, 2.75) is 45.8 Å². The minimum Gasteiger partial charge on any atom is -0.494 e. The van der Waals surface area contributed by atoms with Crippen LogP contribution in [0.4, 0.5) is 42.1 Å². The monoisotopic (exact) mass is 726 g/mol. The van der Waals surface area contributed by atoms with Crippen molar-refractivity contribution in [1.29, 1.82) is 5.41 Å². The van der Waals surface area contributed by atoms with E-state index in [-0.39, 0.29) is 24.2 Å². The Balaban J connectivity index is 0.000000543. The number of nitrogen functional groups attached to an aromatic ring is 1. The Bertz CT molecular complexity index is 1740. The number of anilines is 2. The fourth-order valence-corrected chi connectivity index (χ4v) is 3.98. The summed E-state index contributed by atoms with van der Waals surface area (Å²) in [6.07, 6.45) is -10.4. The zero-order valence-electron chi connectivity index (χ0n) is 27.2. The molecule has 1 aromatic heterocycles. The number of nitrogens with one attached hydrogen (secondary N) is 1. The van der Waals surface area contributed by atoms with Crippen LogP contribution in [0.2, 0.25) is 0 Å². The number of rotatable bonds is 10. The molecule has 5 N–H and O–H groups in total. The van der Waals surface area contributed by atoms with E-state index in [0.717, 1.165) is 17.0 Å². The second-order valence-electron chi connectivity index (χ2n) is 10.4. The number of alkyl halides is 6. The van der Waals surface area contributed by atoms with E-state index in [2.05, 4.69) is 0 Å². The van der Waals surface area contributed by atoms with Crippen LogP contribution in [0.3, 0.4) is 0 Å². The Hall–Kier alpha value is -5.87. The number of halogens is 7. The van der Waals surface area contributed by atoms with Gasteiger partial charge in [-0.3, -0.25) is 10.4 Å². The number of carboxylic acid groups (broad SMARTS) is 2. The predicted molar refractivity (Wildman–Crippen MR) is 174 cm³/mol. The average molecular weight is 727 g/mol. The molecule has 0 spiro atoms. The molecule has 0 amide bonds. The van der Waals surface area contributed by atoms with Gasteiger partial charge in [-0.05, 0) is 57.2 Å². The van der Waals surface area contributed by atoms with E-state index in [9.17, 15) is 26.3 Å². The van der Waals surface area contributed by atoms with Crippen molar-refractivity contribution in [2.24, 2.45) is 5.73 Å². The van der Waals surface area contributed by atoms with Gasteiger partial charge in [0, 0.05) is 28.9 Å². The molecular formula is C34H33F7N4O6. The standard InChI is InChI=1S/C30H31FN4O2.2C2HF3O2/c1-4-36-25-17-27(29(31)28(18-25)37-20(2)3)35(24-15-13-22(14-16-24)30(32)33)19-23-11-8-12-26(34-23)21-9-6-5-7-10-21;2*3-2(4,5)1(6)7/h5-18,20H,4,19H2,1-3H3,(H3,32,33);2*(H,6,7). The number of amidine groups is 1. The van der Waals surface area contributed by atoms with Crippen LogP contribution >= 0.6 is 0 Å². The van der Waals surface area contributed by atoms with Gasteiger partial charge in [0.25, 0.3) is 0 Å². The summed E-state index contributed by atoms with van der Waals surface area (Å²) in [6, 6.07) is 26.1.